The van der Waals surface area contributed by atoms with Crippen LogP contribution in [-0.2, 0) is 7.05 Å². The van der Waals surface area contributed by atoms with Gasteiger partial charge in [-0.25, -0.2) is 0 Å². The van der Waals surface area contributed by atoms with Crippen LogP contribution in [0.15, 0.2) is 12.3 Å². The van der Waals surface area contributed by atoms with Gasteiger partial charge in [-0.2, -0.15) is 0 Å². The summed E-state index contributed by atoms with van der Waals surface area (Å²) in [5.41, 5.74) is 6.92. The summed E-state index contributed by atoms with van der Waals surface area (Å²) in [6.45, 7) is 5.05. The molecule has 0 aliphatic heterocycles. The van der Waals surface area contributed by atoms with Crippen molar-refractivity contribution in [2.75, 3.05) is 19.3 Å². The molecule has 1 unspecified atom stereocenters. The highest BCUT2D eigenvalue weighted by Gasteiger charge is 2.16. The van der Waals surface area contributed by atoms with Gasteiger partial charge in [0, 0.05) is 26.8 Å². The quantitative estimate of drug-likeness (QED) is 0.845. The lowest BCUT2D eigenvalue weighted by molar-refractivity contribution is 0.0765. The maximum Gasteiger partial charge on any atom is 0.270 e. The number of hydrogen-bond acceptors (Lipinski definition) is 2. The second-order valence-corrected chi connectivity index (χ2v) is 4.47. The van der Waals surface area contributed by atoms with Crippen molar-refractivity contribution >= 4 is 11.6 Å². The molecule has 0 saturated carbocycles. The number of hydrogen-bond donors (Lipinski definition) is 1. The summed E-state index contributed by atoms with van der Waals surface area (Å²) < 4.78 is 1.77. The summed E-state index contributed by atoms with van der Waals surface area (Å²) >= 11 is 0. The van der Waals surface area contributed by atoms with Gasteiger partial charge in [-0.05, 0) is 12.0 Å². The van der Waals surface area contributed by atoms with Crippen molar-refractivity contribution in [2.24, 2.45) is 13.0 Å². The minimum absolute atomic E-state index is 0.0273. The molecule has 0 fully saturated rings. The highest BCUT2D eigenvalue weighted by Crippen LogP contribution is 2.12. The first kappa shape index (κ1) is 12.6. The zero-order valence-corrected chi connectivity index (χ0v) is 10.5. The van der Waals surface area contributed by atoms with Gasteiger partial charge in [0.15, 0.2) is 0 Å². The molecule has 0 saturated heterocycles. The van der Waals surface area contributed by atoms with E-state index in [4.69, 9.17) is 5.73 Å². The first-order valence-corrected chi connectivity index (χ1v) is 5.63. The van der Waals surface area contributed by atoms with E-state index in [1.54, 1.807) is 21.7 Å². The number of aromatic nitrogens is 1. The topological polar surface area (TPSA) is 51.3 Å². The van der Waals surface area contributed by atoms with Gasteiger partial charge in [-0.1, -0.05) is 20.3 Å². The molecule has 0 aliphatic carbocycles. The smallest absolute Gasteiger partial charge is 0.270 e. The van der Waals surface area contributed by atoms with Crippen molar-refractivity contribution in [2.45, 2.75) is 20.3 Å². The van der Waals surface area contributed by atoms with E-state index in [0.29, 0.717) is 17.3 Å². The SMILES string of the molecule is CCC(C)CN(C)C(=O)c1cc(N)cn1C. The lowest BCUT2D eigenvalue weighted by Gasteiger charge is -2.20. The second-order valence-electron chi connectivity index (χ2n) is 4.47. The highest BCUT2D eigenvalue weighted by atomic mass is 16.2. The first-order valence-electron chi connectivity index (χ1n) is 5.63. The third kappa shape index (κ3) is 2.78. The van der Waals surface area contributed by atoms with Crippen LogP contribution in [0.25, 0.3) is 0 Å². The van der Waals surface area contributed by atoms with E-state index in [2.05, 4.69) is 13.8 Å². The first-order chi connectivity index (χ1) is 7.45. The molecule has 16 heavy (non-hydrogen) atoms. The van der Waals surface area contributed by atoms with E-state index in [-0.39, 0.29) is 5.91 Å². The number of amides is 1. The highest BCUT2D eigenvalue weighted by molar-refractivity contribution is 5.93. The van der Waals surface area contributed by atoms with Gasteiger partial charge in [0.25, 0.3) is 5.91 Å². The van der Waals surface area contributed by atoms with Crippen LogP contribution in [0.2, 0.25) is 0 Å². The summed E-state index contributed by atoms with van der Waals surface area (Å²) in [4.78, 5) is 13.8. The maximum atomic E-state index is 12.1. The van der Waals surface area contributed by atoms with Crippen LogP contribution in [0.1, 0.15) is 30.8 Å². The molecule has 0 aliphatic rings. The molecule has 1 heterocycles. The molecular weight excluding hydrogens is 202 g/mol. The summed E-state index contributed by atoms with van der Waals surface area (Å²) in [5, 5.41) is 0. The molecule has 0 radical (unpaired) electrons. The van der Waals surface area contributed by atoms with Gasteiger partial charge in [0.1, 0.15) is 5.69 Å². The molecule has 1 rings (SSSR count). The Labute approximate surface area is 97.0 Å². The number of nitrogens with two attached hydrogens (primary N) is 1. The molecule has 0 bridgehead atoms. The fraction of sp³-hybridized carbons (Fsp3) is 0.583. The fourth-order valence-electron chi connectivity index (χ4n) is 1.68. The Morgan fingerprint density at radius 2 is 2.25 bits per heavy atom. The van der Waals surface area contributed by atoms with Crippen LogP contribution in [0.3, 0.4) is 0 Å². The van der Waals surface area contributed by atoms with E-state index >= 15 is 0 Å². The van der Waals surface area contributed by atoms with E-state index in [9.17, 15) is 4.79 Å². The molecule has 2 N–H and O–H groups in total. The zero-order valence-electron chi connectivity index (χ0n) is 10.5. The maximum absolute atomic E-state index is 12.1. The van der Waals surface area contributed by atoms with E-state index < -0.39 is 0 Å². The minimum atomic E-state index is 0.0273. The Hall–Kier alpha value is -1.45. The number of nitrogen functional groups attached to an aromatic ring is 1. The Balaban J connectivity index is 2.74. The second kappa shape index (κ2) is 5.05. The van der Waals surface area contributed by atoms with Crippen LogP contribution in [0.4, 0.5) is 5.69 Å². The average molecular weight is 223 g/mol. The van der Waals surface area contributed by atoms with Crippen molar-refractivity contribution in [1.82, 2.24) is 9.47 Å². The van der Waals surface area contributed by atoms with Crippen LogP contribution in [-0.4, -0.2) is 29.0 Å². The van der Waals surface area contributed by atoms with Gasteiger partial charge in [0.2, 0.25) is 0 Å². The Kier molecular flexibility index (Phi) is 3.99. The standard InChI is InChI=1S/C12H21N3O/c1-5-9(2)7-15(4)12(16)11-6-10(13)8-14(11)3/h6,8-9H,5,7,13H2,1-4H3. The largest absolute Gasteiger partial charge is 0.397 e. The molecule has 4 nitrogen and oxygen atoms in total. The fourth-order valence-corrected chi connectivity index (χ4v) is 1.68. The number of rotatable bonds is 4. The zero-order chi connectivity index (χ0) is 12.3. The minimum Gasteiger partial charge on any atom is -0.397 e. The summed E-state index contributed by atoms with van der Waals surface area (Å²) in [7, 11) is 3.67. The predicted molar refractivity (Wildman–Crippen MR) is 66.2 cm³/mol. The number of nitrogens with zero attached hydrogens (tertiary/aromatic N) is 2. The van der Waals surface area contributed by atoms with Crippen LogP contribution in [0.5, 0.6) is 0 Å². The average Bonchev–Trinajstić information content (AvgIpc) is 2.56. The molecular formula is C12H21N3O. The number of anilines is 1. The number of aryl methyl sites for hydroxylation is 1. The molecule has 1 amide bonds. The van der Waals surface area contributed by atoms with E-state index in [1.165, 1.54) is 0 Å². The van der Waals surface area contributed by atoms with Crippen LogP contribution in [0, 0.1) is 5.92 Å². The van der Waals surface area contributed by atoms with E-state index in [0.717, 1.165) is 13.0 Å². The van der Waals surface area contributed by atoms with Gasteiger partial charge in [0.05, 0.1) is 5.69 Å². The molecule has 4 heteroatoms. The predicted octanol–water partition coefficient (Wildman–Crippen LogP) is 1.73. The Morgan fingerprint density at radius 1 is 1.62 bits per heavy atom. The molecule has 90 valence electrons. The molecule has 0 spiro atoms. The van der Waals surface area contributed by atoms with E-state index in [1.807, 2.05) is 14.1 Å². The van der Waals surface area contributed by atoms with Crippen molar-refractivity contribution in [3.05, 3.63) is 18.0 Å². The third-order valence-electron chi connectivity index (χ3n) is 2.87. The molecule has 1 atom stereocenters. The molecule has 0 aromatic carbocycles. The van der Waals surface area contributed by atoms with Gasteiger partial charge >= 0.3 is 0 Å². The molecule has 1 aromatic heterocycles. The van der Waals surface area contributed by atoms with Gasteiger partial charge in [-0.15, -0.1) is 0 Å². The summed E-state index contributed by atoms with van der Waals surface area (Å²) in [6, 6.07) is 1.72. The summed E-state index contributed by atoms with van der Waals surface area (Å²) in [5.74, 6) is 0.547. The van der Waals surface area contributed by atoms with Crippen molar-refractivity contribution in [1.29, 1.82) is 0 Å². The lowest BCUT2D eigenvalue weighted by atomic mass is 10.1. The van der Waals surface area contributed by atoms with Crippen molar-refractivity contribution < 1.29 is 4.79 Å². The van der Waals surface area contributed by atoms with Gasteiger partial charge < -0.3 is 15.2 Å². The van der Waals surface area contributed by atoms with Crippen molar-refractivity contribution in [3.8, 4) is 0 Å². The monoisotopic (exact) mass is 223 g/mol. The number of carbonyl (C=O) groups is 1. The third-order valence-corrected chi connectivity index (χ3v) is 2.87. The van der Waals surface area contributed by atoms with Crippen LogP contribution >= 0.6 is 0 Å². The Morgan fingerprint density at radius 3 is 2.69 bits per heavy atom. The van der Waals surface area contributed by atoms with Crippen LogP contribution < -0.4 is 5.73 Å². The Bertz CT molecular complexity index is 370. The number of carbonyl (C=O) groups excluding carboxylic acids is 1. The van der Waals surface area contributed by atoms with Crippen molar-refractivity contribution in [3.63, 3.8) is 0 Å². The van der Waals surface area contributed by atoms with Gasteiger partial charge in [-0.3, -0.25) is 4.79 Å². The molecule has 1 aromatic rings. The summed E-state index contributed by atoms with van der Waals surface area (Å²) in [6.07, 6.45) is 2.83. The lowest BCUT2D eigenvalue weighted by Crippen LogP contribution is -2.32. The normalized spacial score (nSPS) is 12.5.